The first kappa shape index (κ1) is 21.4. The van der Waals surface area contributed by atoms with Crippen molar-refractivity contribution in [2.75, 3.05) is 39.0 Å². The molecular formula is C23H29N3O2S. The van der Waals surface area contributed by atoms with Crippen LogP contribution in [0.25, 0.3) is 0 Å². The first-order chi connectivity index (χ1) is 14.1. The van der Waals surface area contributed by atoms with E-state index in [1.54, 1.807) is 0 Å². The number of amides is 2. The predicted molar refractivity (Wildman–Crippen MR) is 118 cm³/mol. The molecule has 5 nitrogen and oxygen atoms in total. The number of carbonyl (C=O) groups excluding carboxylic acids is 2. The summed E-state index contributed by atoms with van der Waals surface area (Å²) >= 11 is 1.45. The van der Waals surface area contributed by atoms with Crippen LogP contribution in [0.3, 0.4) is 0 Å². The topological polar surface area (TPSA) is 52.7 Å². The van der Waals surface area contributed by atoms with Crippen LogP contribution in [0.5, 0.6) is 0 Å². The third-order valence-electron chi connectivity index (χ3n) is 5.02. The van der Waals surface area contributed by atoms with Crippen LogP contribution in [0.2, 0.25) is 0 Å². The molecule has 0 radical (unpaired) electrons. The van der Waals surface area contributed by atoms with E-state index in [0.717, 1.165) is 43.9 Å². The summed E-state index contributed by atoms with van der Waals surface area (Å²) in [6, 6.07) is 17.8. The molecule has 3 rings (SSSR count). The van der Waals surface area contributed by atoms with Crippen LogP contribution in [0.15, 0.2) is 59.5 Å². The number of likely N-dealkylation sites (tertiary alicyclic amines) is 1. The van der Waals surface area contributed by atoms with Gasteiger partial charge in [-0.25, -0.2) is 0 Å². The lowest BCUT2D eigenvalue weighted by atomic mass is 10.2. The molecule has 154 valence electrons. The van der Waals surface area contributed by atoms with Crippen LogP contribution in [0, 0.1) is 0 Å². The number of carbonyl (C=O) groups is 2. The summed E-state index contributed by atoms with van der Waals surface area (Å²) in [4.78, 5) is 29.9. The molecule has 6 heteroatoms. The van der Waals surface area contributed by atoms with Crippen molar-refractivity contribution in [3.63, 3.8) is 0 Å². The Labute approximate surface area is 177 Å². The summed E-state index contributed by atoms with van der Waals surface area (Å²) in [5, 5.41) is 3.01. The molecule has 1 aliphatic heterocycles. The highest BCUT2D eigenvalue weighted by Gasteiger charge is 2.19. The largest absolute Gasteiger partial charge is 0.351 e. The molecule has 0 unspecified atom stereocenters. The Morgan fingerprint density at radius 1 is 1.03 bits per heavy atom. The first-order valence-corrected chi connectivity index (χ1v) is 11.1. The van der Waals surface area contributed by atoms with Gasteiger partial charge in [-0.2, -0.15) is 0 Å². The number of nitrogens with one attached hydrogen (secondary N) is 1. The van der Waals surface area contributed by atoms with E-state index in [2.05, 4.69) is 22.3 Å². The molecule has 1 fully saturated rings. The highest BCUT2D eigenvalue weighted by Crippen LogP contribution is 2.23. The van der Waals surface area contributed by atoms with E-state index >= 15 is 0 Å². The van der Waals surface area contributed by atoms with Gasteiger partial charge in [0.15, 0.2) is 0 Å². The minimum absolute atomic E-state index is 0.0881. The summed E-state index contributed by atoms with van der Waals surface area (Å²) in [5.41, 5.74) is 1.89. The van der Waals surface area contributed by atoms with Crippen molar-refractivity contribution in [2.24, 2.45) is 0 Å². The van der Waals surface area contributed by atoms with Gasteiger partial charge in [-0.05, 0) is 37.6 Å². The molecule has 1 aliphatic rings. The van der Waals surface area contributed by atoms with E-state index in [1.165, 1.54) is 17.3 Å². The summed E-state index contributed by atoms with van der Waals surface area (Å²) in [5.74, 6) is 0.449. The first-order valence-electron chi connectivity index (χ1n) is 10.1. The molecule has 1 saturated heterocycles. The second-order valence-corrected chi connectivity index (χ2v) is 8.37. The van der Waals surface area contributed by atoms with Gasteiger partial charge in [-0.15, -0.1) is 11.8 Å². The van der Waals surface area contributed by atoms with Gasteiger partial charge in [0, 0.05) is 37.6 Å². The summed E-state index contributed by atoms with van der Waals surface area (Å²) < 4.78 is 0. The molecule has 0 aliphatic carbocycles. The molecule has 2 amide bonds. The fraction of sp³-hybridized carbons (Fsp3) is 0.391. The van der Waals surface area contributed by atoms with Gasteiger partial charge in [0.2, 0.25) is 5.91 Å². The van der Waals surface area contributed by atoms with Crippen molar-refractivity contribution in [3.8, 4) is 0 Å². The van der Waals surface area contributed by atoms with Gasteiger partial charge in [0.1, 0.15) is 0 Å². The Kier molecular flexibility index (Phi) is 8.14. The second-order valence-electron chi connectivity index (χ2n) is 7.35. The molecule has 2 aromatic rings. The molecular weight excluding hydrogens is 382 g/mol. The lowest BCUT2D eigenvalue weighted by molar-refractivity contribution is -0.127. The number of rotatable bonds is 9. The maximum absolute atomic E-state index is 12.7. The SMILES string of the molecule is CN(CCNC(=O)c1ccccc1SCC(=O)N1CCCC1)Cc1ccccc1. The van der Waals surface area contributed by atoms with E-state index in [4.69, 9.17) is 0 Å². The van der Waals surface area contributed by atoms with Crippen molar-refractivity contribution in [1.82, 2.24) is 15.1 Å². The van der Waals surface area contributed by atoms with E-state index in [1.807, 2.05) is 54.4 Å². The maximum atomic E-state index is 12.7. The van der Waals surface area contributed by atoms with Gasteiger partial charge in [0.05, 0.1) is 11.3 Å². The van der Waals surface area contributed by atoms with Crippen LogP contribution in [-0.2, 0) is 11.3 Å². The molecule has 0 aromatic heterocycles. The minimum Gasteiger partial charge on any atom is -0.351 e. The van der Waals surface area contributed by atoms with Crippen molar-refractivity contribution < 1.29 is 9.59 Å². The normalized spacial score (nSPS) is 13.7. The van der Waals surface area contributed by atoms with Crippen LogP contribution >= 0.6 is 11.8 Å². The average molecular weight is 412 g/mol. The summed E-state index contributed by atoms with van der Waals surface area (Å²) in [6.45, 7) is 3.91. The van der Waals surface area contributed by atoms with Crippen LogP contribution in [-0.4, -0.2) is 60.6 Å². The number of likely N-dealkylation sites (N-methyl/N-ethyl adjacent to an activating group) is 1. The third-order valence-corrected chi connectivity index (χ3v) is 6.07. The van der Waals surface area contributed by atoms with Gasteiger partial charge < -0.3 is 15.1 Å². The standard InChI is InChI=1S/C23H29N3O2S/c1-25(17-19-9-3-2-4-10-19)16-13-24-23(28)20-11-5-6-12-21(20)29-18-22(27)26-14-7-8-15-26/h2-6,9-12H,7-8,13-18H2,1H3,(H,24,28). The Bertz CT molecular complexity index is 807. The van der Waals surface area contributed by atoms with Crippen LogP contribution < -0.4 is 5.32 Å². The number of benzene rings is 2. The highest BCUT2D eigenvalue weighted by atomic mass is 32.2. The van der Waals surface area contributed by atoms with E-state index < -0.39 is 0 Å². The lowest BCUT2D eigenvalue weighted by Gasteiger charge is -2.18. The second kappa shape index (κ2) is 11.0. The Morgan fingerprint density at radius 3 is 2.48 bits per heavy atom. The molecule has 0 atom stereocenters. The lowest BCUT2D eigenvalue weighted by Crippen LogP contribution is -2.33. The van der Waals surface area contributed by atoms with Crippen molar-refractivity contribution in [1.29, 1.82) is 0 Å². The Morgan fingerprint density at radius 2 is 1.72 bits per heavy atom. The number of nitrogens with zero attached hydrogens (tertiary/aromatic N) is 2. The quantitative estimate of drug-likeness (QED) is 0.644. The van der Waals surface area contributed by atoms with Gasteiger partial charge >= 0.3 is 0 Å². The fourth-order valence-corrected chi connectivity index (χ4v) is 4.36. The minimum atomic E-state index is -0.0881. The van der Waals surface area contributed by atoms with E-state index in [-0.39, 0.29) is 11.8 Å². The zero-order chi connectivity index (χ0) is 20.5. The van der Waals surface area contributed by atoms with Crippen molar-refractivity contribution in [2.45, 2.75) is 24.3 Å². The monoisotopic (exact) mass is 411 g/mol. The zero-order valence-corrected chi connectivity index (χ0v) is 17.8. The fourth-order valence-electron chi connectivity index (χ4n) is 3.41. The van der Waals surface area contributed by atoms with Crippen LogP contribution in [0.4, 0.5) is 0 Å². The molecule has 0 saturated carbocycles. The average Bonchev–Trinajstić information content (AvgIpc) is 3.28. The number of hydrogen-bond acceptors (Lipinski definition) is 4. The van der Waals surface area contributed by atoms with Gasteiger partial charge in [-0.3, -0.25) is 9.59 Å². The van der Waals surface area contributed by atoms with Crippen molar-refractivity contribution >= 4 is 23.6 Å². The van der Waals surface area contributed by atoms with E-state index in [9.17, 15) is 9.59 Å². The van der Waals surface area contributed by atoms with Crippen LogP contribution in [0.1, 0.15) is 28.8 Å². The molecule has 2 aromatic carbocycles. The summed E-state index contributed by atoms with van der Waals surface area (Å²) in [7, 11) is 2.05. The van der Waals surface area contributed by atoms with Gasteiger partial charge in [0.25, 0.3) is 5.91 Å². The Balaban J connectivity index is 1.47. The molecule has 0 spiro atoms. The maximum Gasteiger partial charge on any atom is 0.252 e. The van der Waals surface area contributed by atoms with E-state index in [0.29, 0.717) is 17.9 Å². The predicted octanol–water partition coefficient (Wildman–Crippen LogP) is 3.26. The van der Waals surface area contributed by atoms with Gasteiger partial charge in [-0.1, -0.05) is 42.5 Å². The number of thioether (sulfide) groups is 1. The summed E-state index contributed by atoms with van der Waals surface area (Å²) in [6.07, 6.45) is 2.18. The highest BCUT2D eigenvalue weighted by molar-refractivity contribution is 8.00. The molecule has 1 N–H and O–H groups in total. The third kappa shape index (κ3) is 6.61. The smallest absolute Gasteiger partial charge is 0.252 e. The zero-order valence-electron chi connectivity index (χ0n) is 17.0. The molecule has 29 heavy (non-hydrogen) atoms. The number of hydrogen-bond donors (Lipinski definition) is 1. The molecule has 0 bridgehead atoms. The Hall–Kier alpha value is -2.31. The molecule has 1 heterocycles. The van der Waals surface area contributed by atoms with Crippen molar-refractivity contribution in [3.05, 3.63) is 65.7 Å².